The molecule has 0 saturated heterocycles. The molecule has 0 aromatic heterocycles. The molecule has 0 aliphatic heterocycles. The van der Waals surface area contributed by atoms with E-state index < -0.39 is 16.9 Å². The molecule has 0 saturated carbocycles. The van der Waals surface area contributed by atoms with Crippen molar-refractivity contribution in [3.05, 3.63) is 30.1 Å². The third-order valence-electron chi connectivity index (χ3n) is 0.998. The summed E-state index contributed by atoms with van der Waals surface area (Å²) in [4.78, 5) is 0.0833. The SMILES string of the molecule is O=S(O)c1cccc(F)c1.[NaH]. The number of halogens is 1. The molecule has 1 aromatic carbocycles. The van der Waals surface area contributed by atoms with Crippen molar-refractivity contribution in [2.75, 3.05) is 0 Å². The summed E-state index contributed by atoms with van der Waals surface area (Å²) >= 11 is -2.08. The van der Waals surface area contributed by atoms with Crippen LogP contribution in [0.25, 0.3) is 0 Å². The van der Waals surface area contributed by atoms with Crippen LogP contribution in [0.15, 0.2) is 29.2 Å². The van der Waals surface area contributed by atoms with Crippen molar-refractivity contribution >= 4 is 40.6 Å². The fourth-order valence-corrected chi connectivity index (χ4v) is 0.984. The van der Waals surface area contributed by atoms with E-state index in [4.69, 9.17) is 4.55 Å². The van der Waals surface area contributed by atoms with Gasteiger partial charge >= 0.3 is 29.6 Å². The molecular formula is C6H6FNaO2S. The van der Waals surface area contributed by atoms with Gasteiger partial charge in [-0.15, -0.1) is 0 Å². The molecule has 1 unspecified atom stereocenters. The summed E-state index contributed by atoms with van der Waals surface area (Å²) in [5, 5.41) is 0. The topological polar surface area (TPSA) is 37.3 Å². The van der Waals surface area contributed by atoms with Crippen LogP contribution in [0.3, 0.4) is 0 Å². The summed E-state index contributed by atoms with van der Waals surface area (Å²) < 4.78 is 31.0. The van der Waals surface area contributed by atoms with Gasteiger partial charge in [-0.1, -0.05) is 6.07 Å². The molecular weight excluding hydrogens is 178 g/mol. The minimum atomic E-state index is -2.08. The Kier molecular flexibility index (Phi) is 5.12. The molecule has 11 heavy (non-hydrogen) atoms. The second-order valence-electron chi connectivity index (χ2n) is 1.71. The molecule has 0 aliphatic carbocycles. The molecule has 5 heteroatoms. The van der Waals surface area contributed by atoms with Crippen LogP contribution in [0, 0.1) is 5.82 Å². The predicted molar refractivity (Wildman–Crippen MR) is 42.6 cm³/mol. The van der Waals surface area contributed by atoms with Crippen molar-refractivity contribution in [3.8, 4) is 0 Å². The van der Waals surface area contributed by atoms with E-state index in [-0.39, 0.29) is 34.5 Å². The number of hydrogen-bond donors (Lipinski definition) is 1. The number of rotatable bonds is 1. The molecule has 1 N–H and O–H groups in total. The quantitative estimate of drug-likeness (QED) is 0.516. The average Bonchev–Trinajstić information content (AvgIpc) is 1.88. The van der Waals surface area contributed by atoms with Gasteiger partial charge in [-0.25, -0.2) is 8.60 Å². The van der Waals surface area contributed by atoms with E-state index in [1.54, 1.807) is 0 Å². The van der Waals surface area contributed by atoms with Crippen LogP contribution >= 0.6 is 0 Å². The number of benzene rings is 1. The fraction of sp³-hybridized carbons (Fsp3) is 0. The van der Waals surface area contributed by atoms with E-state index in [9.17, 15) is 8.60 Å². The van der Waals surface area contributed by atoms with E-state index in [1.165, 1.54) is 18.2 Å². The van der Waals surface area contributed by atoms with E-state index in [1.807, 2.05) is 0 Å². The molecule has 0 aliphatic rings. The first-order valence-corrected chi connectivity index (χ1v) is 3.67. The molecule has 1 rings (SSSR count). The third kappa shape index (κ3) is 3.44. The molecule has 0 spiro atoms. The Morgan fingerprint density at radius 1 is 1.45 bits per heavy atom. The monoisotopic (exact) mass is 184 g/mol. The van der Waals surface area contributed by atoms with Gasteiger partial charge in [0.25, 0.3) is 0 Å². The van der Waals surface area contributed by atoms with E-state index in [0.717, 1.165) is 6.07 Å². The molecule has 1 atom stereocenters. The molecule has 0 heterocycles. The van der Waals surface area contributed by atoms with Gasteiger partial charge in [0.05, 0.1) is 4.90 Å². The standard InChI is InChI=1S/C6H5FO2S.Na.H/c7-5-2-1-3-6(4-5)10(8)9;;/h1-4H,(H,8,9);;. The van der Waals surface area contributed by atoms with Gasteiger partial charge in [-0.3, -0.25) is 0 Å². The maximum atomic E-state index is 12.3. The van der Waals surface area contributed by atoms with E-state index in [0.29, 0.717) is 0 Å². The van der Waals surface area contributed by atoms with Gasteiger partial charge in [0, 0.05) is 0 Å². The summed E-state index contributed by atoms with van der Waals surface area (Å²) in [7, 11) is 0. The van der Waals surface area contributed by atoms with Gasteiger partial charge in [0.2, 0.25) is 0 Å². The Morgan fingerprint density at radius 3 is 2.45 bits per heavy atom. The zero-order chi connectivity index (χ0) is 7.56. The van der Waals surface area contributed by atoms with Crippen molar-refractivity contribution < 1.29 is 13.2 Å². The van der Waals surface area contributed by atoms with Gasteiger partial charge in [0.15, 0.2) is 11.1 Å². The fourth-order valence-electron chi connectivity index (χ4n) is 0.576. The van der Waals surface area contributed by atoms with Crippen LogP contribution in [0.5, 0.6) is 0 Å². The molecule has 0 fully saturated rings. The maximum absolute atomic E-state index is 12.3. The van der Waals surface area contributed by atoms with Crippen molar-refractivity contribution in [3.63, 3.8) is 0 Å². The molecule has 0 radical (unpaired) electrons. The number of hydrogen-bond acceptors (Lipinski definition) is 1. The molecule has 1 aromatic rings. The zero-order valence-electron chi connectivity index (χ0n) is 4.95. The zero-order valence-corrected chi connectivity index (χ0v) is 5.77. The van der Waals surface area contributed by atoms with E-state index in [2.05, 4.69) is 0 Å². The van der Waals surface area contributed by atoms with Crippen LogP contribution in [-0.2, 0) is 11.1 Å². The summed E-state index contributed by atoms with van der Waals surface area (Å²) in [5.74, 6) is -0.500. The predicted octanol–water partition coefficient (Wildman–Crippen LogP) is 0.758. The molecule has 56 valence electrons. The van der Waals surface area contributed by atoms with Crippen LogP contribution in [0.4, 0.5) is 4.39 Å². The van der Waals surface area contributed by atoms with Gasteiger partial charge < -0.3 is 4.55 Å². The Labute approximate surface area is 88.4 Å². The summed E-state index contributed by atoms with van der Waals surface area (Å²) in [6.07, 6.45) is 0. The first-order chi connectivity index (χ1) is 4.70. The summed E-state index contributed by atoms with van der Waals surface area (Å²) in [6, 6.07) is 5.02. The second-order valence-corrected chi connectivity index (χ2v) is 2.68. The van der Waals surface area contributed by atoms with Crippen molar-refractivity contribution in [2.24, 2.45) is 0 Å². The van der Waals surface area contributed by atoms with Crippen molar-refractivity contribution in [1.82, 2.24) is 0 Å². The Bertz CT molecular complexity index is 267. The van der Waals surface area contributed by atoms with Crippen molar-refractivity contribution in [2.45, 2.75) is 4.90 Å². The van der Waals surface area contributed by atoms with Crippen LogP contribution in [0.2, 0.25) is 0 Å². The summed E-state index contributed by atoms with van der Waals surface area (Å²) in [5.41, 5.74) is 0. The van der Waals surface area contributed by atoms with Crippen LogP contribution in [-0.4, -0.2) is 38.3 Å². The molecule has 0 bridgehead atoms. The normalized spacial score (nSPS) is 11.8. The Balaban J connectivity index is 0.000001000. The molecule has 0 amide bonds. The van der Waals surface area contributed by atoms with E-state index >= 15 is 0 Å². The third-order valence-corrected chi connectivity index (χ3v) is 1.65. The second kappa shape index (κ2) is 5.00. The van der Waals surface area contributed by atoms with Gasteiger partial charge in [-0.2, -0.15) is 0 Å². The molecule has 2 nitrogen and oxygen atoms in total. The van der Waals surface area contributed by atoms with Crippen molar-refractivity contribution in [1.29, 1.82) is 0 Å². The average molecular weight is 184 g/mol. The first-order valence-electron chi connectivity index (χ1n) is 2.56. The Morgan fingerprint density at radius 2 is 2.09 bits per heavy atom. The van der Waals surface area contributed by atoms with Crippen LogP contribution < -0.4 is 0 Å². The summed E-state index contributed by atoms with van der Waals surface area (Å²) in [6.45, 7) is 0. The first kappa shape index (κ1) is 11.3. The van der Waals surface area contributed by atoms with Gasteiger partial charge in [0.1, 0.15) is 5.82 Å². The van der Waals surface area contributed by atoms with Crippen LogP contribution in [0.1, 0.15) is 0 Å². The minimum absolute atomic E-state index is 0. The van der Waals surface area contributed by atoms with Gasteiger partial charge in [-0.05, 0) is 18.2 Å². The Hall–Kier alpha value is 0.260.